The lowest BCUT2D eigenvalue weighted by Gasteiger charge is -2.27. The first-order valence-electron chi connectivity index (χ1n) is 8.70. The van der Waals surface area contributed by atoms with Crippen molar-refractivity contribution in [2.45, 2.75) is 32.1 Å². The first kappa shape index (κ1) is 16.8. The van der Waals surface area contributed by atoms with Gasteiger partial charge in [0.2, 0.25) is 0 Å². The van der Waals surface area contributed by atoms with E-state index in [-0.39, 0.29) is 0 Å². The van der Waals surface area contributed by atoms with Crippen LogP contribution in [0.1, 0.15) is 32.1 Å². The summed E-state index contributed by atoms with van der Waals surface area (Å²) in [5.74, 6) is 1.67. The lowest BCUT2D eigenvalue weighted by atomic mass is 10.1. The maximum absolute atomic E-state index is 5.81. The molecule has 3 rings (SSSR count). The van der Waals surface area contributed by atoms with Gasteiger partial charge in [-0.3, -0.25) is 0 Å². The number of rotatable bonds is 3. The van der Waals surface area contributed by atoms with Crippen LogP contribution in [0.4, 0.5) is 5.69 Å². The maximum Gasteiger partial charge on any atom is 0.173 e. The van der Waals surface area contributed by atoms with Crippen LogP contribution in [0, 0.1) is 0 Å². The Hall–Kier alpha value is -2.07. The van der Waals surface area contributed by atoms with E-state index >= 15 is 0 Å². The van der Waals surface area contributed by atoms with Crippen LogP contribution in [0.5, 0.6) is 11.5 Å². The summed E-state index contributed by atoms with van der Waals surface area (Å²) in [7, 11) is 0. The molecule has 1 fully saturated rings. The lowest BCUT2D eigenvalue weighted by molar-refractivity contribution is 0.366. The molecule has 0 spiro atoms. The van der Waals surface area contributed by atoms with Gasteiger partial charge in [0.05, 0.1) is 0 Å². The minimum Gasteiger partial charge on any atom is -0.457 e. The van der Waals surface area contributed by atoms with E-state index in [1.165, 1.54) is 32.1 Å². The summed E-state index contributed by atoms with van der Waals surface area (Å²) in [6.45, 7) is 2.11. The Kier molecular flexibility index (Phi) is 6.07. The Morgan fingerprint density at radius 3 is 2.04 bits per heavy atom. The van der Waals surface area contributed by atoms with Crippen LogP contribution in [0.15, 0.2) is 54.6 Å². The van der Waals surface area contributed by atoms with Gasteiger partial charge in [0.25, 0.3) is 0 Å². The summed E-state index contributed by atoms with van der Waals surface area (Å²) in [5.41, 5.74) is 1.00. The average Bonchev–Trinajstić information content (AvgIpc) is 2.57. The molecule has 1 heterocycles. The van der Waals surface area contributed by atoms with Crippen LogP contribution in [-0.4, -0.2) is 23.1 Å². The van der Waals surface area contributed by atoms with Gasteiger partial charge in [-0.15, -0.1) is 0 Å². The van der Waals surface area contributed by atoms with E-state index in [1.54, 1.807) is 0 Å². The average molecular weight is 340 g/mol. The van der Waals surface area contributed by atoms with Gasteiger partial charge in [-0.05, 0) is 61.5 Å². The number of para-hydroxylation sites is 1. The van der Waals surface area contributed by atoms with Crippen molar-refractivity contribution >= 4 is 23.0 Å². The quantitative estimate of drug-likeness (QED) is 0.752. The van der Waals surface area contributed by atoms with Gasteiger partial charge in [0, 0.05) is 18.8 Å². The lowest BCUT2D eigenvalue weighted by Crippen LogP contribution is -2.36. The van der Waals surface area contributed by atoms with Crippen LogP contribution < -0.4 is 10.1 Å². The van der Waals surface area contributed by atoms with E-state index in [9.17, 15) is 0 Å². The molecule has 0 unspecified atom stereocenters. The van der Waals surface area contributed by atoms with Crippen LogP contribution in [-0.2, 0) is 0 Å². The van der Waals surface area contributed by atoms with Crippen LogP contribution in [0.25, 0.3) is 0 Å². The van der Waals surface area contributed by atoms with Crippen molar-refractivity contribution in [2.24, 2.45) is 0 Å². The van der Waals surface area contributed by atoms with Gasteiger partial charge in [0.15, 0.2) is 5.11 Å². The first-order valence-corrected chi connectivity index (χ1v) is 9.11. The number of nitrogens with zero attached hydrogens (tertiary/aromatic N) is 1. The van der Waals surface area contributed by atoms with Gasteiger partial charge in [-0.25, -0.2) is 0 Å². The van der Waals surface area contributed by atoms with Gasteiger partial charge in [0.1, 0.15) is 11.5 Å². The third kappa shape index (κ3) is 4.96. The number of thiocarbonyl (C=S) groups is 1. The molecule has 3 nitrogen and oxygen atoms in total. The molecule has 0 aromatic heterocycles. The highest BCUT2D eigenvalue weighted by atomic mass is 32.1. The molecular formula is C20H24N2OS. The fourth-order valence-corrected chi connectivity index (χ4v) is 3.18. The summed E-state index contributed by atoms with van der Waals surface area (Å²) >= 11 is 5.58. The molecule has 0 saturated carbocycles. The van der Waals surface area contributed by atoms with Gasteiger partial charge >= 0.3 is 0 Å². The third-order valence-corrected chi connectivity index (χ3v) is 4.59. The highest BCUT2D eigenvalue weighted by Crippen LogP contribution is 2.23. The number of anilines is 1. The second-order valence-corrected chi connectivity index (χ2v) is 6.51. The van der Waals surface area contributed by atoms with Crippen LogP contribution in [0.3, 0.4) is 0 Å². The Labute approximate surface area is 149 Å². The molecule has 1 saturated heterocycles. The normalized spacial score (nSPS) is 15.2. The van der Waals surface area contributed by atoms with E-state index in [4.69, 9.17) is 17.0 Å². The molecule has 2 aromatic carbocycles. The minimum atomic E-state index is 0.823. The summed E-state index contributed by atoms with van der Waals surface area (Å²) in [4.78, 5) is 2.29. The Morgan fingerprint density at radius 2 is 1.38 bits per heavy atom. The Balaban J connectivity index is 1.56. The van der Waals surface area contributed by atoms with E-state index in [0.29, 0.717) is 0 Å². The van der Waals surface area contributed by atoms with Crippen LogP contribution in [0.2, 0.25) is 0 Å². The number of hydrogen-bond donors (Lipinski definition) is 1. The molecule has 1 aliphatic rings. The van der Waals surface area contributed by atoms with Crippen molar-refractivity contribution < 1.29 is 4.74 Å². The van der Waals surface area contributed by atoms with E-state index < -0.39 is 0 Å². The second kappa shape index (κ2) is 8.69. The van der Waals surface area contributed by atoms with E-state index in [0.717, 1.165) is 35.4 Å². The standard InChI is InChI=1S/C20H24N2OS/c24-20(22-15-7-2-1-3-8-16-22)21-17-11-13-19(14-12-17)23-18-9-5-4-6-10-18/h4-6,9-14H,1-3,7-8,15-16H2,(H,21,24). The molecule has 0 aliphatic carbocycles. The molecule has 4 heteroatoms. The van der Waals surface area contributed by atoms with Gasteiger partial charge in [-0.2, -0.15) is 0 Å². The fraction of sp³-hybridized carbons (Fsp3) is 0.350. The predicted octanol–water partition coefficient (Wildman–Crippen LogP) is 5.44. The minimum absolute atomic E-state index is 0.823. The molecule has 1 N–H and O–H groups in total. The summed E-state index contributed by atoms with van der Waals surface area (Å²) in [6, 6.07) is 17.7. The maximum atomic E-state index is 5.81. The monoisotopic (exact) mass is 340 g/mol. The number of nitrogens with one attached hydrogen (secondary N) is 1. The molecule has 0 atom stereocenters. The SMILES string of the molecule is S=C(Nc1ccc(Oc2ccccc2)cc1)N1CCCCCCC1. The highest BCUT2D eigenvalue weighted by Gasteiger charge is 2.11. The predicted molar refractivity (Wildman–Crippen MR) is 104 cm³/mol. The van der Waals surface area contributed by atoms with Crippen molar-refractivity contribution in [1.29, 1.82) is 0 Å². The summed E-state index contributed by atoms with van der Waals surface area (Å²) in [6.07, 6.45) is 6.43. The van der Waals surface area contributed by atoms with Crippen molar-refractivity contribution in [3.63, 3.8) is 0 Å². The Bertz CT molecular complexity index is 634. The topological polar surface area (TPSA) is 24.5 Å². The second-order valence-electron chi connectivity index (χ2n) is 6.12. The molecule has 24 heavy (non-hydrogen) atoms. The number of ether oxygens (including phenoxy) is 1. The van der Waals surface area contributed by atoms with Gasteiger partial charge in [-0.1, -0.05) is 37.5 Å². The van der Waals surface area contributed by atoms with Crippen LogP contribution >= 0.6 is 12.2 Å². The summed E-state index contributed by atoms with van der Waals surface area (Å²) < 4.78 is 5.81. The zero-order valence-electron chi connectivity index (χ0n) is 13.9. The molecule has 2 aromatic rings. The first-order chi connectivity index (χ1) is 11.8. The zero-order chi connectivity index (χ0) is 16.6. The van der Waals surface area contributed by atoms with Crippen molar-refractivity contribution in [3.05, 3.63) is 54.6 Å². The third-order valence-electron chi connectivity index (χ3n) is 4.23. The van der Waals surface area contributed by atoms with E-state index in [1.807, 2.05) is 54.6 Å². The highest BCUT2D eigenvalue weighted by molar-refractivity contribution is 7.80. The Morgan fingerprint density at radius 1 is 0.792 bits per heavy atom. The molecule has 1 aliphatic heterocycles. The number of likely N-dealkylation sites (tertiary alicyclic amines) is 1. The number of hydrogen-bond acceptors (Lipinski definition) is 2. The smallest absolute Gasteiger partial charge is 0.173 e. The number of benzene rings is 2. The van der Waals surface area contributed by atoms with Gasteiger partial charge < -0.3 is 15.0 Å². The zero-order valence-corrected chi connectivity index (χ0v) is 14.7. The van der Waals surface area contributed by atoms with E-state index in [2.05, 4.69) is 10.2 Å². The molecular weight excluding hydrogens is 316 g/mol. The van der Waals surface area contributed by atoms with Crippen molar-refractivity contribution in [3.8, 4) is 11.5 Å². The molecule has 0 amide bonds. The molecule has 126 valence electrons. The van der Waals surface area contributed by atoms with Crippen molar-refractivity contribution in [1.82, 2.24) is 4.90 Å². The molecule has 0 radical (unpaired) electrons. The largest absolute Gasteiger partial charge is 0.457 e. The van der Waals surface area contributed by atoms with Crippen molar-refractivity contribution in [2.75, 3.05) is 18.4 Å². The molecule has 0 bridgehead atoms. The summed E-state index contributed by atoms with van der Waals surface area (Å²) in [5, 5.41) is 4.18. The fourth-order valence-electron chi connectivity index (χ4n) is 2.88.